The van der Waals surface area contributed by atoms with Gasteiger partial charge in [-0.25, -0.2) is 8.42 Å². The summed E-state index contributed by atoms with van der Waals surface area (Å²) in [5, 5.41) is 0. The number of Topliss-reactive ketones (excluding diaryl/α,β-unsaturated/α-hetero) is 1. The molecule has 26 heavy (non-hydrogen) atoms. The van der Waals surface area contributed by atoms with E-state index in [1.165, 1.54) is 23.4 Å². The van der Waals surface area contributed by atoms with E-state index in [1.54, 1.807) is 28.8 Å². The van der Waals surface area contributed by atoms with Crippen molar-refractivity contribution in [3.63, 3.8) is 0 Å². The summed E-state index contributed by atoms with van der Waals surface area (Å²) in [5.41, 5.74) is 1.39. The third-order valence-corrected chi connectivity index (χ3v) is 7.19. The van der Waals surface area contributed by atoms with Gasteiger partial charge >= 0.3 is 0 Å². The number of ketones is 1. The van der Waals surface area contributed by atoms with Gasteiger partial charge in [0.05, 0.1) is 4.90 Å². The van der Waals surface area contributed by atoms with Crippen LogP contribution >= 0.6 is 0 Å². The number of rotatable bonds is 3. The van der Waals surface area contributed by atoms with Crippen LogP contribution in [0.5, 0.6) is 0 Å². The summed E-state index contributed by atoms with van der Waals surface area (Å²) in [6, 6.07) is 11.3. The average Bonchev–Trinajstić information content (AvgIpc) is 2.62. The number of sulfonamides is 1. The Morgan fingerprint density at radius 3 is 2.46 bits per heavy atom. The predicted molar refractivity (Wildman–Crippen MR) is 96.8 cm³/mol. The maximum atomic E-state index is 13.1. The summed E-state index contributed by atoms with van der Waals surface area (Å²) in [5.74, 6) is 0.0683. The number of aromatic nitrogens is 1. The Balaban J connectivity index is 1.65. The average molecular weight is 372 g/mol. The standard InChI is InChI=1S/C19H20N2O4S/c1-13(22)15-5-7-17(8-6-15)26(24,25)20-10-14-9-16(12-20)18-3-2-4-19(23)21(18)11-14/h2-8,14,16H,9-12H2,1H3/t14-,16-/m1/s1. The highest BCUT2D eigenvalue weighted by Crippen LogP contribution is 2.37. The lowest BCUT2D eigenvalue weighted by molar-refractivity contribution is 0.101. The zero-order chi connectivity index (χ0) is 18.5. The smallest absolute Gasteiger partial charge is 0.250 e. The summed E-state index contributed by atoms with van der Waals surface area (Å²) >= 11 is 0. The number of nitrogens with zero attached hydrogens (tertiary/aromatic N) is 2. The van der Waals surface area contributed by atoms with Gasteiger partial charge in [0.1, 0.15) is 0 Å². The molecule has 1 aromatic heterocycles. The predicted octanol–water partition coefficient (Wildman–Crippen LogP) is 1.86. The number of piperidine rings is 1. The Morgan fingerprint density at radius 1 is 1.04 bits per heavy atom. The molecule has 2 atom stereocenters. The van der Waals surface area contributed by atoms with Crippen molar-refractivity contribution in [1.29, 1.82) is 0 Å². The Hall–Kier alpha value is -2.25. The molecule has 0 saturated carbocycles. The molecule has 0 radical (unpaired) electrons. The molecule has 3 heterocycles. The molecule has 0 unspecified atom stereocenters. The Morgan fingerprint density at radius 2 is 1.77 bits per heavy atom. The van der Waals surface area contributed by atoms with E-state index in [-0.39, 0.29) is 28.1 Å². The molecule has 7 heteroatoms. The quantitative estimate of drug-likeness (QED) is 0.771. The molecule has 0 spiro atoms. The van der Waals surface area contributed by atoms with Gasteiger partial charge in [0.15, 0.2) is 5.78 Å². The molecule has 1 saturated heterocycles. The Bertz CT molecular complexity index is 1020. The first kappa shape index (κ1) is 17.2. The maximum absolute atomic E-state index is 13.1. The van der Waals surface area contributed by atoms with Crippen molar-refractivity contribution in [3.8, 4) is 0 Å². The second-order valence-electron chi connectivity index (χ2n) is 7.10. The topological polar surface area (TPSA) is 76.5 Å². The molecule has 2 aliphatic rings. The van der Waals surface area contributed by atoms with E-state index in [1.807, 2.05) is 6.07 Å². The Kier molecular flexibility index (Phi) is 4.08. The van der Waals surface area contributed by atoms with E-state index in [9.17, 15) is 18.0 Å². The molecule has 2 aliphatic heterocycles. The molecule has 2 aromatic rings. The van der Waals surface area contributed by atoms with E-state index in [0.29, 0.717) is 25.2 Å². The normalized spacial score (nSPS) is 22.7. The summed E-state index contributed by atoms with van der Waals surface area (Å²) in [7, 11) is -3.62. The molecule has 2 bridgehead atoms. The molecule has 0 amide bonds. The van der Waals surface area contributed by atoms with Crippen LogP contribution < -0.4 is 5.56 Å². The fourth-order valence-electron chi connectivity index (χ4n) is 4.06. The second kappa shape index (κ2) is 6.17. The molecule has 0 aliphatic carbocycles. The van der Waals surface area contributed by atoms with Gasteiger partial charge in [-0.05, 0) is 37.5 Å². The van der Waals surface area contributed by atoms with Crippen molar-refractivity contribution >= 4 is 15.8 Å². The second-order valence-corrected chi connectivity index (χ2v) is 9.04. The van der Waals surface area contributed by atoms with Gasteiger partial charge in [-0.3, -0.25) is 9.59 Å². The van der Waals surface area contributed by atoms with Gasteiger partial charge < -0.3 is 4.57 Å². The first-order valence-electron chi connectivity index (χ1n) is 8.67. The van der Waals surface area contributed by atoms with Crippen LogP contribution in [-0.2, 0) is 16.6 Å². The number of pyridine rings is 1. The Labute approximate surface area is 152 Å². The fraction of sp³-hybridized carbons (Fsp3) is 0.368. The summed E-state index contributed by atoms with van der Waals surface area (Å²) in [6.07, 6.45) is 0.902. The largest absolute Gasteiger partial charge is 0.312 e. The number of benzene rings is 1. The van der Waals surface area contributed by atoms with Crippen molar-refractivity contribution in [2.75, 3.05) is 13.1 Å². The third-order valence-electron chi connectivity index (χ3n) is 5.34. The van der Waals surface area contributed by atoms with Crippen molar-refractivity contribution < 1.29 is 13.2 Å². The maximum Gasteiger partial charge on any atom is 0.250 e. The molecule has 4 rings (SSSR count). The lowest BCUT2D eigenvalue weighted by Crippen LogP contribution is -2.48. The van der Waals surface area contributed by atoms with Crippen LogP contribution in [0.4, 0.5) is 0 Å². The number of hydrogen-bond acceptors (Lipinski definition) is 4. The van der Waals surface area contributed by atoms with Gasteiger partial charge in [0.2, 0.25) is 10.0 Å². The number of carbonyl (C=O) groups is 1. The van der Waals surface area contributed by atoms with Crippen LogP contribution in [0.2, 0.25) is 0 Å². The van der Waals surface area contributed by atoms with Crippen LogP contribution in [0.25, 0.3) is 0 Å². The van der Waals surface area contributed by atoms with Gasteiger partial charge in [0, 0.05) is 42.9 Å². The summed E-state index contributed by atoms with van der Waals surface area (Å²) < 4.78 is 29.4. The minimum atomic E-state index is -3.62. The van der Waals surface area contributed by atoms with Gasteiger partial charge in [0.25, 0.3) is 5.56 Å². The molecule has 136 valence electrons. The van der Waals surface area contributed by atoms with Crippen molar-refractivity contribution in [2.45, 2.75) is 30.7 Å². The van der Waals surface area contributed by atoms with Gasteiger partial charge in [-0.2, -0.15) is 4.31 Å². The highest BCUT2D eigenvalue weighted by Gasteiger charge is 2.39. The molecule has 1 aromatic carbocycles. The summed E-state index contributed by atoms with van der Waals surface area (Å²) in [6.45, 7) is 2.79. The van der Waals surface area contributed by atoms with E-state index >= 15 is 0 Å². The lowest BCUT2D eigenvalue weighted by atomic mass is 9.84. The molecule has 0 N–H and O–H groups in total. The third kappa shape index (κ3) is 2.81. The SMILES string of the molecule is CC(=O)c1ccc(S(=O)(=O)N2C[C@H]3C[C@H](C2)c2cccc(=O)n2C3)cc1. The van der Waals surface area contributed by atoms with Crippen LogP contribution in [0.1, 0.15) is 35.3 Å². The van der Waals surface area contributed by atoms with E-state index in [2.05, 4.69) is 0 Å². The molecular formula is C19H20N2O4S. The number of fused-ring (bicyclic) bond motifs is 4. The molecule has 1 fully saturated rings. The van der Waals surface area contributed by atoms with Crippen LogP contribution in [0, 0.1) is 5.92 Å². The van der Waals surface area contributed by atoms with E-state index in [0.717, 1.165) is 12.1 Å². The summed E-state index contributed by atoms with van der Waals surface area (Å²) in [4.78, 5) is 23.7. The van der Waals surface area contributed by atoms with Crippen molar-refractivity contribution in [3.05, 3.63) is 64.1 Å². The number of hydrogen-bond donors (Lipinski definition) is 0. The minimum Gasteiger partial charge on any atom is -0.312 e. The van der Waals surface area contributed by atoms with Crippen LogP contribution in [0.3, 0.4) is 0 Å². The van der Waals surface area contributed by atoms with Crippen molar-refractivity contribution in [2.24, 2.45) is 5.92 Å². The van der Waals surface area contributed by atoms with Crippen LogP contribution in [0.15, 0.2) is 52.2 Å². The van der Waals surface area contributed by atoms with Crippen molar-refractivity contribution in [1.82, 2.24) is 8.87 Å². The number of carbonyl (C=O) groups excluding carboxylic acids is 1. The molecule has 6 nitrogen and oxygen atoms in total. The zero-order valence-corrected chi connectivity index (χ0v) is 15.3. The van der Waals surface area contributed by atoms with Gasteiger partial charge in [-0.1, -0.05) is 18.2 Å². The fourth-order valence-corrected chi connectivity index (χ4v) is 5.62. The van der Waals surface area contributed by atoms with E-state index in [4.69, 9.17) is 0 Å². The highest BCUT2D eigenvalue weighted by molar-refractivity contribution is 7.89. The molecular weight excluding hydrogens is 352 g/mol. The van der Waals surface area contributed by atoms with E-state index < -0.39 is 10.0 Å². The van der Waals surface area contributed by atoms with Crippen LogP contribution in [-0.4, -0.2) is 36.2 Å². The first-order valence-corrected chi connectivity index (χ1v) is 10.1. The monoisotopic (exact) mass is 372 g/mol. The zero-order valence-electron chi connectivity index (χ0n) is 14.5. The van der Waals surface area contributed by atoms with Gasteiger partial charge in [-0.15, -0.1) is 0 Å². The minimum absolute atomic E-state index is 0.0201. The highest BCUT2D eigenvalue weighted by atomic mass is 32.2. The first-order chi connectivity index (χ1) is 12.4. The lowest BCUT2D eigenvalue weighted by Gasteiger charge is -2.42.